The molecule has 1 unspecified atom stereocenters. The number of fused-ring (bicyclic) bond motifs is 1. The van der Waals surface area contributed by atoms with Crippen molar-refractivity contribution in [2.75, 3.05) is 6.61 Å². The van der Waals surface area contributed by atoms with Gasteiger partial charge >= 0.3 is 5.97 Å². The summed E-state index contributed by atoms with van der Waals surface area (Å²) < 4.78 is 7.88. The zero-order valence-corrected chi connectivity index (χ0v) is 27.0. The summed E-state index contributed by atoms with van der Waals surface area (Å²) in [5, 5.41) is 22.2. The third kappa shape index (κ3) is 5.94. The summed E-state index contributed by atoms with van der Waals surface area (Å²) in [6.45, 7) is 9.93. The van der Waals surface area contributed by atoms with Crippen LogP contribution in [0.3, 0.4) is 0 Å². The zero-order chi connectivity index (χ0) is 31.9. The molecule has 11 heteroatoms. The van der Waals surface area contributed by atoms with Crippen LogP contribution in [0.2, 0.25) is 10.0 Å². The molecule has 0 fully saturated rings. The van der Waals surface area contributed by atoms with E-state index in [2.05, 4.69) is 20.7 Å². The van der Waals surface area contributed by atoms with Crippen molar-refractivity contribution in [3.63, 3.8) is 0 Å². The van der Waals surface area contributed by atoms with Gasteiger partial charge in [0.25, 0.3) is 5.91 Å². The molecule has 3 heterocycles. The Morgan fingerprint density at radius 3 is 2.45 bits per heavy atom. The number of aromatic amines is 1. The van der Waals surface area contributed by atoms with Crippen LogP contribution in [0, 0.1) is 27.7 Å². The Kier molecular flexibility index (Phi) is 8.55. The molecule has 0 saturated carbocycles. The first-order valence-electron chi connectivity index (χ1n) is 14.3. The van der Waals surface area contributed by atoms with E-state index in [0.29, 0.717) is 30.2 Å². The second-order valence-corrected chi connectivity index (χ2v) is 12.1. The van der Waals surface area contributed by atoms with Crippen LogP contribution in [0.5, 0.6) is 5.75 Å². The number of amides is 1. The molecule has 0 saturated heterocycles. The lowest BCUT2D eigenvalue weighted by Crippen LogP contribution is -2.54. The molecule has 0 radical (unpaired) electrons. The summed E-state index contributed by atoms with van der Waals surface area (Å²) in [7, 11) is 1.88. The highest BCUT2D eigenvalue weighted by atomic mass is 35.5. The van der Waals surface area contributed by atoms with Crippen LogP contribution in [0.15, 0.2) is 48.2 Å². The maximum atomic E-state index is 13.9. The number of carbonyl (C=O) groups excluding carboxylic acids is 1. The third-order valence-corrected chi connectivity index (χ3v) is 8.89. The van der Waals surface area contributed by atoms with Gasteiger partial charge in [0, 0.05) is 34.3 Å². The average molecular weight is 637 g/mol. The van der Waals surface area contributed by atoms with Crippen molar-refractivity contribution in [3.8, 4) is 16.9 Å². The van der Waals surface area contributed by atoms with Crippen molar-refractivity contribution >= 4 is 46.0 Å². The van der Waals surface area contributed by atoms with Crippen LogP contribution >= 0.6 is 23.2 Å². The highest BCUT2D eigenvalue weighted by Crippen LogP contribution is 2.40. The number of aromatic nitrogens is 3. The smallest absolute Gasteiger partial charge is 0.335 e. The van der Waals surface area contributed by atoms with Crippen LogP contribution in [0.25, 0.3) is 22.0 Å². The number of dihydropyridines is 1. The lowest BCUT2D eigenvalue weighted by molar-refractivity contribution is -0.132. The van der Waals surface area contributed by atoms with E-state index in [1.54, 1.807) is 6.92 Å². The van der Waals surface area contributed by atoms with E-state index in [1.807, 2.05) is 63.7 Å². The summed E-state index contributed by atoms with van der Waals surface area (Å²) >= 11 is 13.1. The Morgan fingerprint density at radius 1 is 1.11 bits per heavy atom. The number of nitrogens with zero attached hydrogens (tertiary/aromatic N) is 2. The molecule has 2 aromatic carbocycles. The summed E-state index contributed by atoms with van der Waals surface area (Å²) in [6.07, 6.45) is 5.59. The quantitative estimate of drug-likeness (QED) is 0.152. The van der Waals surface area contributed by atoms with Gasteiger partial charge in [-0.3, -0.25) is 9.48 Å². The van der Waals surface area contributed by atoms with Gasteiger partial charge in [0.1, 0.15) is 17.1 Å². The molecule has 4 aromatic rings. The summed E-state index contributed by atoms with van der Waals surface area (Å²) in [5.41, 5.74) is 6.17. The van der Waals surface area contributed by atoms with Gasteiger partial charge in [-0.2, -0.15) is 5.10 Å². The Balaban J connectivity index is 1.53. The van der Waals surface area contributed by atoms with Crippen molar-refractivity contribution in [1.29, 1.82) is 0 Å². The Labute approximate surface area is 265 Å². The molecule has 2 aromatic heterocycles. The van der Waals surface area contributed by atoms with Gasteiger partial charge in [-0.05, 0) is 101 Å². The molecule has 1 amide bonds. The van der Waals surface area contributed by atoms with E-state index in [4.69, 9.17) is 27.9 Å². The van der Waals surface area contributed by atoms with Crippen LogP contribution in [-0.4, -0.2) is 44.0 Å². The molecule has 1 atom stereocenters. The van der Waals surface area contributed by atoms with Crippen molar-refractivity contribution in [1.82, 2.24) is 25.4 Å². The van der Waals surface area contributed by atoms with E-state index in [0.717, 1.165) is 60.9 Å². The maximum absolute atomic E-state index is 13.9. The fourth-order valence-corrected chi connectivity index (χ4v) is 6.13. The number of carboxylic acids is 1. The molecule has 9 nitrogen and oxygen atoms in total. The number of hydrogen-bond acceptors (Lipinski definition) is 5. The fraction of sp³-hybridized carbons (Fsp3) is 0.303. The van der Waals surface area contributed by atoms with Gasteiger partial charge in [-0.1, -0.05) is 29.3 Å². The second-order valence-electron chi connectivity index (χ2n) is 11.4. The molecule has 5 rings (SSSR count). The van der Waals surface area contributed by atoms with E-state index in [9.17, 15) is 14.7 Å². The number of nitrogens with one attached hydrogen (secondary N) is 3. The minimum Gasteiger partial charge on any atom is -0.494 e. The van der Waals surface area contributed by atoms with Gasteiger partial charge in [-0.25, -0.2) is 4.79 Å². The number of hydrogen-bond donors (Lipinski definition) is 4. The Bertz CT molecular complexity index is 1850. The number of ether oxygens (including phenoxy) is 1. The molecule has 1 aliphatic heterocycles. The molecule has 0 aliphatic carbocycles. The number of rotatable bonds is 9. The van der Waals surface area contributed by atoms with Crippen molar-refractivity contribution in [2.24, 2.45) is 7.05 Å². The summed E-state index contributed by atoms with van der Waals surface area (Å²) in [5.74, 6) is -0.737. The molecular weight excluding hydrogens is 601 g/mol. The highest BCUT2D eigenvalue weighted by Gasteiger charge is 2.30. The first-order valence-corrected chi connectivity index (χ1v) is 15.0. The van der Waals surface area contributed by atoms with Crippen molar-refractivity contribution in [2.45, 2.75) is 53.1 Å². The zero-order valence-electron chi connectivity index (χ0n) is 25.5. The van der Waals surface area contributed by atoms with E-state index >= 15 is 0 Å². The lowest BCUT2D eigenvalue weighted by Gasteiger charge is -2.30. The number of aryl methyl sites for hydroxylation is 5. The Morgan fingerprint density at radius 2 is 1.82 bits per heavy atom. The standard InChI is InChI=1S/C33H35Cl2N5O4/c1-17-14-22(15-18(2)28(17)35)44-13-7-8-23-24-9-10-25(34)27(26-19(3)39-40(6)20(26)4)29(24)37-30(23)31(41)38-33(5)16-21(32(42)43)11-12-36-33/h9-12,14-16,36-37H,7-8,13H2,1-6H3,(H,38,41)(H,42,43). The van der Waals surface area contributed by atoms with Gasteiger partial charge in [-0.15, -0.1) is 0 Å². The van der Waals surface area contributed by atoms with E-state index in [1.165, 1.54) is 18.4 Å². The largest absolute Gasteiger partial charge is 0.494 e. The lowest BCUT2D eigenvalue weighted by atomic mass is 9.98. The number of carbonyl (C=O) groups is 2. The van der Waals surface area contributed by atoms with E-state index < -0.39 is 17.5 Å². The maximum Gasteiger partial charge on any atom is 0.335 e. The topological polar surface area (TPSA) is 121 Å². The first-order chi connectivity index (χ1) is 20.8. The number of H-pyrrole nitrogens is 1. The molecular formula is C33H35Cl2N5O4. The van der Waals surface area contributed by atoms with Gasteiger partial charge in [0.15, 0.2) is 0 Å². The van der Waals surface area contributed by atoms with Gasteiger partial charge in [0.2, 0.25) is 0 Å². The molecule has 4 N–H and O–H groups in total. The number of carboxylic acid groups (broad SMARTS) is 1. The first kappa shape index (κ1) is 31.2. The number of benzene rings is 2. The van der Waals surface area contributed by atoms with Crippen molar-refractivity contribution in [3.05, 3.63) is 92.0 Å². The van der Waals surface area contributed by atoms with Crippen LogP contribution in [0.1, 0.15) is 51.9 Å². The SMILES string of the molecule is Cc1cc(OCCCc2c(C(=O)NC3(C)C=C(C(=O)O)C=CN3)[nH]c3c(-c4c(C)nn(C)c4C)c(Cl)ccc23)cc(C)c1Cl. The summed E-state index contributed by atoms with van der Waals surface area (Å²) in [6, 6.07) is 7.59. The van der Waals surface area contributed by atoms with Crippen LogP contribution in [0.4, 0.5) is 0 Å². The van der Waals surface area contributed by atoms with Crippen LogP contribution in [-0.2, 0) is 18.3 Å². The van der Waals surface area contributed by atoms with Crippen LogP contribution < -0.4 is 15.4 Å². The van der Waals surface area contributed by atoms with Crippen molar-refractivity contribution < 1.29 is 19.4 Å². The van der Waals surface area contributed by atoms with Gasteiger partial charge < -0.3 is 25.5 Å². The predicted molar refractivity (Wildman–Crippen MR) is 174 cm³/mol. The molecule has 44 heavy (non-hydrogen) atoms. The third-order valence-electron chi connectivity index (χ3n) is 7.98. The van der Waals surface area contributed by atoms with E-state index in [-0.39, 0.29) is 5.57 Å². The average Bonchev–Trinajstić information content (AvgIpc) is 3.45. The molecule has 0 bridgehead atoms. The minimum absolute atomic E-state index is 0.0739. The van der Waals surface area contributed by atoms with Gasteiger partial charge in [0.05, 0.1) is 28.4 Å². The molecule has 230 valence electrons. The normalized spacial score (nSPS) is 16.1. The number of halogens is 2. The summed E-state index contributed by atoms with van der Waals surface area (Å²) in [4.78, 5) is 29.0. The second kappa shape index (κ2) is 12.1. The monoisotopic (exact) mass is 635 g/mol. The Hall–Kier alpha value is -4.21. The fourth-order valence-electron chi connectivity index (χ4n) is 5.76. The number of aliphatic carboxylic acids is 1. The highest BCUT2D eigenvalue weighted by molar-refractivity contribution is 6.35. The molecule has 1 aliphatic rings. The predicted octanol–water partition coefficient (Wildman–Crippen LogP) is 6.69. The molecule has 0 spiro atoms. The minimum atomic E-state index is -1.13.